The number of aliphatic carboxylic acids is 1. The van der Waals surface area contributed by atoms with Gasteiger partial charge in [0, 0.05) is 12.8 Å². The van der Waals surface area contributed by atoms with Gasteiger partial charge in [0.15, 0.2) is 0 Å². The molecule has 2 atom stereocenters. The van der Waals surface area contributed by atoms with Crippen molar-refractivity contribution in [3.8, 4) is 0 Å². The third-order valence-corrected chi connectivity index (χ3v) is 7.57. The molecule has 7 nitrogen and oxygen atoms in total. The molecule has 7 heteroatoms. The van der Waals surface area contributed by atoms with Gasteiger partial charge in [0.25, 0.3) is 0 Å². The van der Waals surface area contributed by atoms with E-state index in [0.717, 1.165) is 44.9 Å². The molecule has 4 N–H and O–H groups in total. The maximum Gasteiger partial charge on any atom is 0.326 e. The minimum absolute atomic E-state index is 0.0931. The third-order valence-electron chi connectivity index (χ3n) is 7.57. The fourth-order valence-electron chi connectivity index (χ4n) is 4.95. The van der Waals surface area contributed by atoms with Crippen molar-refractivity contribution in [2.24, 2.45) is 5.73 Å². The number of nitrogens with one attached hydrogen (secondary N) is 1. The number of allylic oxidation sites excluding steroid dienone is 1. The number of unbranched alkanes of at least 4 members (excludes halogenated alkanes) is 16. The smallest absolute Gasteiger partial charge is 0.326 e. The summed E-state index contributed by atoms with van der Waals surface area (Å²) in [6.45, 7) is 4.87. The van der Waals surface area contributed by atoms with Gasteiger partial charge in [-0.05, 0) is 64.0 Å². The number of esters is 1. The van der Waals surface area contributed by atoms with Crippen molar-refractivity contribution in [2.45, 2.75) is 180 Å². The third kappa shape index (κ3) is 26.7. The Morgan fingerprint density at radius 3 is 1.83 bits per heavy atom. The highest BCUT2D eigenvalue weighted by molar-refractivity contribution is 5.83. The molecule has 0 radical (unpaired) electrons. The van der Waals surface area contributed by atoms with E-state index in [2.05, 4.69) is 31.3 Å². The largest absolute Gasteiger partial charge is 0.480 e. The van der Waals surface area contributed by atoms with Gasteiger partial charge in [-0.3, -0.25) is 9.59 Å². The van der Waals surface area contributed by atoms with Crippen molar-refractivity contribution in [2.75, 3.05) is 6.54 Å². The molecule has 0 aromatic rings. The Kier molecular flexibility index (Phi) is 28.2. The Bertz CT molecular complexity index is 668. The Morgan fingerprint density at radius 1 is 0.707 bits per heavy atom. The zero-order valence-electron chi connectivity index (χ0n) is 26.6. The van der Waals surface area contributed by atoms with E-state index in [1.807, 2.05) is 0 Å². The maximum atomic E-state index is 12.5. The van der Waals surface area contributed by atoms with Gasteiger partial charge in [0.2, 0.25) is 5.91 Å². The quantitative estimate of drug-likeness (QED) is 0.0446. The average molecular weight is 581 g/mol. The van der Waals surface area contributed by atoms with Crippen LogP contribution in [0.15, 0.2) is 12.2 Å². The van der Waals surface area contributed by atoms with Crippen molar-refractivity contribution in [1.29, 1.82) is 0 Å². The summed E-state index contributed by atoms with van der Waals surface area (Å²) in [5, 5.41) is 11.9. The van der Waals surface area contributed by atoms with E-state index < -0.39 is 12.0 Å². The summed E-state index contributed by atoms with van der Waals surface area (Å²) in [7, 11) is 0. The first-order valence-electron chi connectivity index (χ1n) is 17.0. The van der Waals surface area contributed by atoms with E-state index in [-0.39, 0.29) is 18.0 Å². The van der Waals surface area contributed by atoms with Gasteiger partial charge in [-0.15, -0.1) is 0 Å². The molecule has 41 heavy (non-hydrogen) atoms. The minimum Gasteiger partial charge on any atom is -0.480 e. The van der Waals surface area contributed by atoms with Crippen LogP contribution in [-0.2, 0) is 19.1 Å². The normalized spacial score (nSPS) is 12.9. The standard InChI is InChI=1S/C34H64N2O5/c1-3-5-7-9-11-13-15-19-24-30(41-33(38)28-22-16-14-12-10-8-6-4-2)25-20-17-18-21-27-32(37)36-31(34(39)40)26-23-29-35/h19,24,30-31H,3-18,20-23,25-29,35H2,1-2H3,(H,36,37)(H,39,40)/b24-19-. The molecule has 1 amide bonds. The highest BCUT2D eigenvalue weighted by atomic mass is 16.5. The lowest BCUT2D eigenvalue weighted by Crippen LogP contribution is -2.40. The van der Waals surface area contributed by atoms with E-state index in [9.17, 15) is 19.5 Å². The van der Waals surface area contributed by atoms with Gasteiger partial charge >= 0.3 is 11.9 Å². The number of nitrogens with two attached hydrogens (primary N) is 1. The van der Waals surface area contributed by atoms with Crippen molar-refractivity contribution >= 4 is 17.8 Å². The Morgan fingerprint density at radius 2 is 1.24 bits per heavy atom. The lowest BCUT2D eigenvalue weighted by Gasteiger charge is -2.15. The number of hydrogen-bond acceptors (Lipinski definition) is 5. The number of carboxylic acid groups (broad SMARTS) is 1. The summed E-state index contributed by atoms with van der Waals surface area (Å²) < 4.78 is 5.86. The second-order valence-electron chi connectivity index (χ2n) is 11.6. The molecule has 0 fully saturated rings. The number of carbonyl (C=O) groups is 3. The highest BCUT2D eigenvalue weighted by Crippen LogP contribution is 2.15. The highest BCUT2D eigenvalue weighted by Gasteiger charge is 2.18. The molecule has 0 spiro atoms. The first kappa shape index (κ1) is 39.1. The lowest BCUT2D eigenvalue weighted by molar-refractivity contribution is -0.147. The monoisotopic (exact) mass is 580 g/mol. The molecule has 0 saturated heterocycles. The van der Waals surface area contributed by atoms with Crippen LogP contribution in [0.1, 0.15) is 168 Å². The molecule has 0 bridgehead atoms. The first-order chi connectivity index (χ1) is 19.9. The van der Waals surface area contributed by atoms with Crippen molar-refractivity contribution in [3.63, 3.8) is 0 Å². The second-order valence-corrected chi connectivity index (χ2v) is 11.6. The summed E-state index contributed by atoms with van der Waals surface area (Å²) in [4.78, 5) is 36.0. The van der Waals surface area contributed by atoms with Crippen LogP contribution in [0.3, 0.4) is 0 Å². The summed E-state index contributed by atoms with van der Waals surface area (Å²) in [5.74, 6) is -1.33. The van der Waals surface area contributed by atoms with Crippen LogP contribution in [0.5, 0.6) is 0 Å². The zero-order valence-corrected chi connectivity index (χ0v) is 26.6. The fraction of sp³-hybridized carbons (Fsp3) is 0.853. The van der Waals surface area contributed by atoms with Crippen LogP contribution < -0.4 is 11.1 Å². The second kappa shape index (κ2) is 29.6. The van der Waals surface area contributed by atoms with Gasteiger partial charge < -0.3 is 20.9 Å². The topological polar surface area (TPSA) is 119 Å². The van der Waals surface area contributed by atoms with Crippen LogP contribution >= 0.6 is 0 Å². The van der Waals surface area contributed by atoms with E-state index >= 15 is 0 Å². The fourth-order valence-corrected chi connectivity index (χ4v) is 4.95. The summed E-state index contributed by atoms with van der Waals surface area (Å²) in [5.41, 5.74) is 5.45. The van der Waals surface area contributed by atoms with E-state index in [0.29, 0.717) is 38.6 Å². The summed E-state index contributed by atoms with van der Waals surface area (Å²) >= 11 is 0. The molecule has 240 valence electrons. The number of hydrogen-bond donors (Lipinski definition) is 3. The van der Waals surface area contributed by atoms with Crippen LogP contribution in [0.2, 0.25) is 0 Å². The van der Waals surface area contributed by atoms with Crippen molar-refractivity contribution < 1.29 is 24.2 Å². The SMILES string of the molecule is CCCCCCCC/C=C\C(CCCCCCC(=O)NC(CCCN)C(=O)O)OC(=O)CCCCCCCCCC. The molecular formula is C34H64N2O5. The summed E-state index contributed by atoms with van der Waals surface area (Å²) in [6.07, 6.45) is 28.4. The van der Waals surface area contributed by atoms with E-state index in [1.54, 1.807) is 0 Å². The molecule has 0 heterocycles. The molecule has 0 aliphatic heterocycles. The van der Waals surface area contributed by atoms with Crippen LogP contribution in [0, 0.1) is 0 Å². The molecule has 0 aromatic carbocycles. The maximum absolute atomic E-state index is 12.5. The zero-order chi connectivity index (χ0) is 30.4. The van der Waals surface area contributed by atoms with Gasteiger partial charge in [-0.25, -0.2) is 4.79 Å². The van der Waals surface area contributed by atoms with Gasteiger partial charge in [-0.1, -0.05) is 110 Å². The Labute approximate surface area is 251 Å². The minimum atomic E-state index is -1.01. The number of rotatable bonds is 30. The molecule has 0 aliphatic rings. The van der Waals surface area contributed by atoms with Crippen LogP contribution in [-0.4, -0.2) is 41.6 Å². The van der Waals surface area contributed by atoms with E-state index in [1.165, 1.54) is 77.0 Å². The Hall–Kier alpha value is -1.89. The lowest BCUT2D eigenvalue weighted by atomic mass is 10.1. The number of carboxylic acids is 1. The van der Waals surface area contributed by atoms with Gasteiger partial charge in [-0.2, -0.15) is 0 Å². The molecule has 0 saturated carbocycles. The van der Waals surface area contributed by atoms with Gasteiger partial charge in [0.1, 0.15) is 12.1 Å². The molecule has 0 aliphatic carbocycles. The van der Waals surface area contributed by atoms with Gasteiger partial charge in [0.05, 0.1) is 0 Å². The molecule has 0 aromatic heterocycles. The predicted octanol–water partition coefficient (Wildman–Crippen LogP) is 8.38. The first-order valence-corrected chi connectivity index (χ1v) is 17.0. The number of carbonyl (C=O) groups excluding carboxylic acids is 2. The van der Waals surface area contributed by atoms with Crippen LogP contribution in [0.25, 0.3) is 0 Å². The molecular weight excluding hydrogens is 516 g/mol. The summed E-state index contributed by atoms with van der Waals surface area (Å²) in [6, 6.07) is -0.865. The van der Waals surface area contributed by atoms with Crippen molar-refractivity contribution in [1.82, 2.24) is 5.32 Å². The number of amides is 1. The Balaban J connectivity index is 4.38. The van der Waals surface area contributed by atoms with E-state index in [4.69, 9.17) is 10.5 Å². The predicted molar refractivity (Wildman–Crippen MR) is 170 cm³/mol. The molecule has 2 unspecified atom stereocenters. The van der Waals surface area contributed by atoms with Crippen LogP contribution in [0.4, 0.5) is 0 Å². The molecule has 0 rings (SSSR count). The number of ether oxygens (including phenoxy) is 1. The van der Waals surface area contributed by atoms with Crippen molar-refractivity contribution in [3.05, 3.63) is 12.2 Å². The average Bonchev–Trinajstić information content (AvgIpc) is 2.95.